The van der Waals surface area contributed by atoms with Crippen molar-refractivity contribution in [3.63, 3.8) is 0 Å². The molecule has 6 rings (SSSR count). The molecule has 0 amide bonds. The minimum Gasteiger partial charge on any atom is -0.323 e. The van der Waals surface area contributed by atoms with Gasteiger partial charge in [-0.3, -0.25) is 0 Å². The molecule has 6 aromatic rings. The molecule has 3 unspecified atom stereocenters. The quantitative estimate of drug-likeness (QED) is 0.0798. The molecule has 56 heavy (non-hydrogen) atoms. The van der Waals surface area contributed by atoms with Crippen molar-refractivity contribution < 1.29 is 4.57 Å². The number of hydrogen-bond donors (Lipinski definition) is 0. The van der Waals surface area contributed by atoms with Crippen LogP contribution in [0.25, 0.3) is 0 Å². The zero-order valence-electron chi connectivity index (χ0n) is 34.7. The Morgan fingerprint density at radius 1 is 0.339 bits per heavy atom. The van der Waals surface area contributed by atoms with Crippen LogP contribution in [0.5, 0.6) is 0 Å². The standard InChI is InChI=1S/C54H63OP/c1-52(2,49-31-19-10-20-32-49)37-46(43-25-13-7-14-26-43)40-56(55,41-47(44-27-15-8-16-28-44)38-53(3,4)50-33-21-11-22-34-50)42-48(45-29-17-9-18-30-45)39-54(5,6)51-35-23-12-24-36-51/h7-36,46-48H,37-42H2,1-6H3. The molecule has 290 valence electrons. The molecule has 3 atom stereocenters. The third-order valence-electron chi connectivity index (χ3n) is 12.4. The third-order valence-corrected chi connectivity index (χ3v) is 15.7. The Balaban J connectivity index is 1.46. The van der Waals surface area contributed by atoms with Crippen LogP contribution in [-0.2, 0) is 20.8 Å². The van der Waals surface area contributed by atoms with Gasteiger partial charge >= 0.3 is 0 Å². The lowest BCUT2D eigenvalue weighted by molar-refractivity contribution is 0.422. The van der Waals surface area contributed by atoms with E-state index in [1.165, 1.54) is 33.4 Å². The fourth-order valence-electron chi connectivity index (χ4n) is 9.34. The summed E-state index contributed by atoms with van der Waals surface area (Å²) < 4.78 is 16.8. The van der Waals surface area contributed by atoms with Gasteiger partial charge in [0, 0.05) is 18.5 Å². The van der Waals surface area contributed by atoms with Crippen LogP contribution in [0.1, 0.15) is 112 Å². The summed E-state index contributed by atoms with van der Waals surface area (Å²) in [6.45, 7) is 14.2. The van der Waals surface area contributed by atoms with Gasteiger partial charge in [0.2, 0.25) is 0 Å². The molecule has 0 radical (unpaired) electrons. The molecule has 0 aliphatic heterocycles. The molecular weight excluding hydrogens is 696 g/mol. The van der Waals surface area contributed by atoms with E-state index in [-0.39, 0.29) is 34.0 Å². The highest BCUT2D eigenvalue weighted by molar-refractivity contribution is 7.64. The van der Waals surface area contributed by atoms with Crippen LogP contribution in [0.4, 0.5) is 0 Å². The summed E-state index contributed by atoms with van der Waals surface area (Å²) in [6, 6.07) is 65.7. The monoisotopic (exact) mass is 758 g/mol. The molecule has 6 aromatic carbocycles. The van der Waals surface area contributed by atoms with E-state index in [0.29, 0.717) is 18.5 Å². The minimum absolute atomic E-state index is 0.102. The van der Waals surface area contributed by atoms with Gasteiger partial charge in [0.25, 0.3) is 0 Å². The predicted molar refractivity (Wildman–Crippen MR) is 242 cm³/mol. The van der Waals surface area contributed by atoms with Crippen molar-refractivity contribution in [2.45, 2.75) is 94.8 Å². The average Bonchev–Trinajstić information content (AvgIpc) is 3.22. The van der Waals surface area contributed by atoms with Crippen LogP contribution in [-0.4, -0.2) is 18.5 Å². The molecule has 0 bridgehead atoms. The second-order valence-electron chi connectivity index (χ2n) is 18.3. The van der Waals surface area contributed by atoms with Crippen LogP contribution < -0.4 is 0 Å². The van der Waals surface area contributed by atoms with Crippen LogP contribution in [0.2, 0.25) is 0 Å². The van der Waals surface area contributed by atoms with E-state index in [0.717, 1.165) is 19.3 Å². The molecule has 0 saturated carbocycles. The van der Waals surface area contributed by atoms with Crippen molar-refractivity contribution in [2.75, 3.05) is 18.5 Å². The van der Waals surface area contributed by atoms with Gasteiger partial charge in [-0.2, -0.15) is 0 Å². The second-order valence-corrected chi connectivity index (χ2v) is 21.5. The molecule has 2 heteroatoms. The molecule has 0 N–H and O–H groups in total. The maximum absolute atomic E-state index is 16.8. The van der Waals surface area contributed by atoms with E-state index in [2.05, 4.69) is 224 Å². The fourth-order valence-corrected chi connectivity index (χ4v) is 13.2. The molecule has 0 fully saturated rings. The van der Waals surface area contributed by atoms with E-state index in [1.807, 2.05) is 0 Å². The topological polar surface area (TPSA) is 17.1 Å². The van der Waals surface area contributed by atoms with Crippen molar-refractivity contribution in [2.24, 2.45) is 0 Å². The van der Waals surface area contributed by atoms with Gasteiger partial charge in [-0.1, -0.05) is 224 Å². The maximum Gasteiger partial charge on any atom is 0.0895 e. The van der Waals surface area contributed by atoms with Crippen LogP contribution in [0.15, 0.2) is 182 Å². The largest absolute Gasteiger partial charge is 0.323 e. The van der Waals surface area contributed by atoms with Crippen molar-refractivity contribution in [1.29, 1.82) is 0 Å². The normalized spacial score (nSPS) is 15.0. The molecule has 0 saturated heterocycles. The summed E-state index contributed by atoms with van der Waals surface area (Å²) in [6.07, 6.45) is 4.79. The minimum atomic E-state index is -2.92. The van der Waals surface area contributed by atoms with Gasteiger partial charge < -0.3 is 4.57 Å². The van der Waals surface area contributed by atoms with Gasteiger partial charge in [0.05, 0.1) is 7.14 Å². The first-order valence-electron chi connectivity index (χ1n) is 20.7. The van der Waals surface area contributed by atoms with Gasteiger partial charge in [-0.25, -0.2) is 0 Å². The summed E-state index contributed by atoms with van der Waals surface area (Å²) in [7, 11) is -2.92. The Hall–Kier alpha value is -4.45. The first kappa shape index (κ1) is 41.2. The summed E-state index contributed by atoms with van der Waals surface area (Å²) in [5, 5.41) is 0. The van der Waals surface area contributed by atoms with Gasteiger partial charge in [0.15, 0.2) is 0 Å². The highest BCUT2D eigenvalue weighted by atomic mass is 31.2. The lowest BCUT2D eigenvalue weighted by Crippen LogP contribution is -2.27. The van der Waals surface area contributed by atoms with Crippen LogP contribution in [0.3, 0.4) is 0 Å². The van der Waals surface area contributed by atoms with Crippen LogP contribution in [0, 0.1) is 0 Å². The smallest absolute Gasteiger partial charge is 0.0895 e. The number of rotatable bonds is 18. The van der Waals surface area contributed by atoms with E-state index < -0.39 is 7.14 Å². The first-order chi connectivity index (χ1) is 26.8. The Labute approximate surface area is 339 Å². The summed E-state index contributed by atoms with van der Waals surface area (Å²) in [5.41, 5.74) is 7.55. The van der Waals surface area contributed by atoms with Gasteiger partial charge in [0.1, 0.15) is 0 Å². The Kier molecular flexibility index (Phi) is 13.4. The number of hydrogen-bond acceptors (Lipinski definition) is 1. The molecular formula is C54H63OP. The lowest BCUT2D eigenvalue weighted by Gasteiger charge is -2.38. The summed E-state index contributed by atoms with van der Waals surface area (Å²) in [4.78, 5) is 0. The van der Waals surface area contributed by atoms with E-state index in [4.69, 9.17) is 0 Å². The van der Waals surface area contributed by atoms with E-state index >= 15 is 4.57 Å². The van der Waals surface area contributed by atoms with Gasteiger partial charge in [-0.15, -0.1) is 0 Å². The second kappa shape index (κ2) is 18.2. The number of benzene rings is 6. The van der Waals surface area contributed by atoms with Crippen molar-refractivity contribution >= 4 is 7.14 Å². The van der Waals surface area contributed by atoms with E-state index in [9.17, 15) is 0 Å². The molecule has 0 heterocycles. The Morgan fingerprint density at radius 2 is 0.536 bits per heavy atom. The molecule has 0 aromatic heterocycles. The summed E-state index contributed by atoms with van der Waals surface area (Å²) >= 11 is 0. The van der Waals surface area contributed by atoms with E-state index in [1.54, 1.807) is 0 Å². The predicted octanol–water partition coefficient (Wildman–Crippen LogP) is 14.8. The van der Waals surface area contributed by atoms with Crippen molar-refractivity contribution in [1.82, 2.24) is 0 Å². The summed E-state index contributed by atoms with van der Waals surface area (Å²) in [5.74, 6) is 0.401. The van der Waals surface area contributed by atoms with Crippen molar-refractivity contribution in [3.8, 4) is 0 Å². The van der Waals surface area contributed by atoms with Crippen molar-refractivity contribution in [3.05, 3.63) is 215 Å². The van der Waals surface area contributed by atoms with Crippen LogP contribution >= 0.6 is 7.14 Å². The zero-order valence-corrected chi connectivity index (χ0v) is 35.5. The molecule has 0 aliphatic carbocycles. The first-order valence-corrected chi connectivity index (χ1v) is 23.0. The third kappa shape index (κ3) is 10.9. The fraction of sp³-hybridized carbons (Fsp3) is 0.333. The highest BCUT2D eigenvalue weighted by Crippen LogP contribution is 2.58. The Morgan fingerprint density at radius 3 is 0.750 bits per heavy atom. The molecule has 1 nitrogen and oxygen atoms in total. The molecule has 0 spiro atoms. The average molecular weight is 759 g/mol. The maximum atomic E-state index is 16.8. The highest BCUT2D eigenvalue weighted by Gasteiger charge is 2.39. The molecule has 0 aliphatic rings. The SMILES string of the molecule is CC(C)(CC(CP(=O)(CC(CC(C)(C)c1ccccc1)c1ccccc1)CC(CC(C)(C)c1ccccc1)c1ccccc1)c1ccccc1)c1ccccc1. The Bertz CT molecular complexity index is 1840. The zero-order chi connectivity index (χ0) is 39.7. The lowest BCUT2D eigenvalue weighted by atomic mass is 9.75. The van der Waals surface area contributed by atoms with Gasteiger partial charge in [-0.05, 0) is 86.6 Å².